The molecule has 1 unspecified atom stereocenters. The zero-order chi connectivity index (χ0) is 17.0. The van der Waals surface area contributed by atoms with E-state index >= 15 is 0 Å². The predicted molar refractivity (Wildman–Crippen MR) is 81.3 cm³/mol. The first-order valence-corrected chi connectivity index (χ1v) is 7.42. The molecule has 23 heavy (non-hydrogen) atoms. The molecule has 1 aromatic heterocycles. The molecule has 0 aliphatic rings. The fourth-order valence-electron chi connectivity index (χ4n) is 1.73. The molecule has 5 nitrogen and oxygen atoms in total. The van der Waals surface area contributed by atoms with Gasteiger partial charge >= 0.3 is 12.2 Å². The predicted octanol–water partition coefficient (Wildman–Crippen LogP) is 3.20. The van der Waals surface area contributed by atoms with Crippen molar-refractivity contribution < 1.29 is 23.1 Å². The van der Waals surface area contributed by atoms with Crippen molar-refractivity contribution in [2.24, 2.45) is 0 Å². The summed E-state index contributed by atoms with van der Waals surface area (Å²) in [5, 5.41) is 14.1. The van der Waals surface area contributed by atoms with Crippen molar-refractivity contribution in [3.05, 3.63) is 35.8 Å². The SMILES string of the molecule is CN(CC(O)C(F)(F)F)C(=O)Nc1ccc(-c2nccs2)cc1. The van der Waals surface area contributed by atoms with Gasteiger partial charge in [0.25, 0.3) is 0 Å². The Labute approximate surface area is 134 Å². The number of aromatic nitrogens is 1. The Kier molecular flexibility index (Phi) is 5.22. The molecule has 2 amide bonds. The van der Waals surface area contributed by atoms with Gasteiger partial charge in [0, 0.05) is 29.9 Å². The number of thiazole rings is 1. The Morgan fingerprint density at radius 1 is 1.39 bits per heavy atom. The molecule has 9 heteroatoms. The van der Waals surface area contributed by atoms with Gasteiger partial charge in [-0.3, -0.25) is 0 Å². The molecule has 2 rings (SSSR count). The number of aliphatic hydroxyl groups is 1. The van der Waals surface area contributed by atoms with E-state index in [0.29, 0.717) is 5.69 Å². The van der Waals surface area contributed by atoms with E-state index in [1.54, 1.807) is 30.5 Å². The van der Waals surface area contributed by atoms with Crippen molar-refractivity contribution in [3.8, 4) is 10.6 Å². The number of aliphatic hydroxyl groups excluding tert-OH is 1. The van der Waals surface area contributed by atoms with Crippen LogP contribution in [0.4, 0.5) is 23.7 Å². The van der Waals surface area contributed by atoms with Gasteiger partial charge in [0.1, 0.15) is 5.01 Å². The Morgan fingerprint density at radius 3 is 2.57 bits per heavy atom. The van der Waals surface area contributed by atoms with Gasteiger partial charge in [0.05, 0.1) is 6.54 Å². The molecule has 2 aromatic rings. The monoisotopic (exact) mass is 345 g/mol. The Morgan fingerprint density at radius 2 is 2.04 bits per heavy atom. The van der Waals surface area contributed by atoms with Gasteiger partial charge in [0.2, 0.25) is 0 Å². The number of rotatable bonds is 4. The first-order chi connectivity index (χ1) is 10.8. The summed E-state index contributed by atoms with van der Waals surface area (Å²) in [6.45, 7) is -0.841. The van der Waals surface area contributed by atoms with Gasteiger partial charge in [-0.15, -0.1) is 11.3 Å². The van der Waals surface area contributed by atoms with Crippen LogP contribution in [0.1, 0.15) is 0 Å². The molecule has 1 atom stereocenters. The van der Waals surface area contributed by atoms with Crippen LogP contribution in [-0.4, -0.2) is 46.9 Å². The number of hydrogen-bond donors (Lipinski definition) is 2. The smallest absolute Gasteiger partial charge is 0.382 e. The van der Waals surface area contributed by atoms with E-state index in [1.807, 2.05) is 5.38 Å². The second kappa shape index (κ2) is 6.97. The minimum atomic E-state index is -4.76. The standard InChI is InChI=1S/C14H14F3N3O2S/c1-20(8-11(21)14(15,16)17)13(22)19-10-4-2-9(3-5-10)12-18-6-7-23-12/h2-7,11,21H,8H2,1H3,(H,19,22). The molecule has 2 N–H and O–H groups in total. The lowest BCUT2D eigenvalue weighted by Crippen LogP contribution is -2.43. The maximum absolute atomic E-state index is 12.3. The number of hydrogen-bond acceptors (Lipinski definition) is 4. The largest absolute Gasteiger partial charge is 0.416 e. The molecule has 1 heterocycles. The average molecular weight is 345 g/mol. The molecule has 0 spiro atoms. The van der Waals surface area contributed by atoms with Gasteiger partial charge < -0.3 is 15.3 Å². The van der Waals surface area contributed by atoms with Crippen LogP contribution in [0.2, 0.25) is 0 Å². The number of urea groups is 1. The average Bonchev–Trinajstić information content (AvgIpc) is 3.01. The minimum Gasteiger partial charge on any atom is -0.382 e. The van der Waals surface area contributed by atoms with Crippen LogP contribution in [0.5, 0.6) is 0 Å². The number of benzene rings is 1. The minimum absolute atomic E-state index is 0.434. The Bertz CT molecular complexity index is 644. The lowest BCUT2D eigenvalue weighted by atomic mass is 10.2. The number of alkyl halides is 3. The van der Waals surface area contributed by atoms with Crippen molar-refractivity contribution >= 4 is 23.1 Å². The molecule has 0 saturated heterocycles. The molecule has 0 radical (unpaired) electrons. The third-order valence-corrected chi connectivity index (χ3v) is 3.81. The number of halogens is 3. The highest BCUT2D eigenvalue weighted by atomic mass is 32.1. The van der Waals surface area contributed by atoms with Gasteiger partial charge in [-0.05, 0) is 24.3 Å². The van der Waals surface area contributed by atoms with Crippen LogP contribution in [-0.2, 0) is 0 Å². The van der Waals surface area contributed by atoms with E-state index < -0.39 is 24.9 Å². The zero-order valence-corrected chi connectivity index (χ0v) is 12.9. The molecule has 0 saturated carbocycles. The van der Waals surface area contributed by atoms with E-state index in [9.17, 15) is 18.0 Å². The summed E-state index contributed by atoms with van der Waals surface area (Å²) in [5.41, 5.74) is 1.31. The maximum Gasteiger partial charge on any atom is 0.416 e. The molecule has 0 aliphatic carbocycles. The molecule has 0 aliphatic heterocycles. The van der Waals surface area contributed by atoms with Gasteiger partial charge in [-0.2, -0.15) is 13.2 Å². The van der Waals surface area contributed by atoms with E-state index in [2.05, 4.69) is 10.3 Å². The highest BCUT2D eigenvalue weighted by Crippen LogP contribution is 2.23. The van der Waals surface area contributed by atoms with Crippen molar-refractivity contribution in [1.29, 1.82) is 0 Å². The second-order valence-electron chi connectivity index (χ2n) is 4.78. The summed E-state index contributed by atoms with van der Waals surface area (Å²) in [5.74, 6) is 0. The summed E-state index contributed by atoms with van der Waals surface area (Å²) >= 11 is 1.47. The fourth-order valence-corrected chi connectivity index (χ4v) is 2.37. The van der Waals surface area contributed by atoms with Crippen molar-refractivity contribution in [2.75, 3.05) is 18.9 Å². The highest BCUT2D eigenvalue weighted by Gasteiger charge is 2.39. The first kappa shape index (κ1) is 17.2. The summed E-state index contributed by atoms with van der Waals surface area (Å²) in [6.07, 6.45) is -5.66. The van der Waals surface area contributed by atoms with E-state index in [4.69, 9.17) is 5.11 Å². The lowest BCUT2D eigenvalue weighted by molar-refractivity contribution is -0.205. The number of carbonyl (C=O) groups is 1. The summed E-state index contributed by atoms with van der Waals surface area (Å²) in [6, 6.07) is 6.01. The molecule has 0 fully saturated rings. The van der Waals surface area contributed by atoms with E-state index in [-0.39, 0.29) is 0 Å². The number of nitrogens with zero attached hydrogens (tertiary/aromatic N) is 2. The topological polar surface area (TPSA) is 65.5 Å². The van der Waals surface area contributed by atoms with Crippen LogP contribution in [0, 0.1) is 0 Å². The quantitative estimate of drug-likeness (QED) is 0.894. The Hall–Kier alpha value is -2.13. The third kappa shape index (κ3) is 4.67. The highest BCUT2D eigenvalue weighted by molar-refractivity contribution is 7.13. The van der Waals surface area contributed by atoms with Crippen LogP contribution in [0.25, 0.3) is 10.6 Å². The maximum atomic E-state index is 12.3. The van der Waals surface area contributed by atoms with Crippen molar-refractivity contribution in [1.82, 2.24) is 9.88 Å². The molecule has 124 valence electrons. The van der Waals surface area contributed by atoms with Crippen LogP contribution < -0.4 is 5.32 Å². The normalized spacial score (nSPS) is 12.7. The van der Waals surface area contributed by atoms with Crippen molar-refractivity contribution in [3.63, 3.8) is 0 Å². The summed E-state index contributed by atoms with van der Waals surface area (Å²) in [4.78, 5) is 16.7. The van der Waals surface area contributed by atoms with E-state index in [1.165, 1.54) is 18.4 Å². The van der Waals surface area contributed by atoms with Crippen molar-refractivity contribution in [2.45, 2.75) is 12.3 Å². The second-order valence-corrected chi connectivity index (χ2v) is 5.68. The molecule has 1 aromatic carbocycles. The summed E-state index contributed by atoms with van der Waals surface area (Å²) < 4.78 is 36.8. The van der Waals surface area contributed by atoms with Crippen LogP contribution in [0.15, 0.2) is 35.8 Å². The van der Waals surface area contributed by atoms with Crippen LogP contribution >= 0.6 is 11.3 Å². The molecule has 0 bridgehead atoms. The summed E-state index contributed by atoms with van der Waals surface area (Å²) in [7, 11) is 1.17. The number of likely N-dealkylation sites (N-methyl/N-ethyl adjacent to an activating group) is 1. The number of nitrogens with one attached hydrogen (secondary N) is 1. The fraction of sp³-hybridized carbons (Fsp3) is 0.286. The zero-order valence-electron chi connectivity index (χ0n) is 12.0. The van der Waals surface area contributed by atoms with E-state index in [0.717, 1.165) is 15.5 Å². The number of carbonyl (C=O) groups excluding carboxylic acids is 1. The van der Waals surface area contributed by atoms with Crippen LogP contribution in [0.3, 0.4) is 0 Å². The van der Waals surface area contributed by atoms with Gasteiger partial charge in [-0.1, -0.05) is 0 Å². The first-order valence-electron chi connectivity index (χ1n) is 6.54. The lowest BCUT2D eigenvalue weighted by Gasteiger charge is -2.22. The third-order valence-electron chi connectivity index (χ3n) is 2.99. The van der Waals surface area contributed by atoms with Gasteiger partial charge in [-0.25, -0.2) is 9.78 Å². The number of anilines is 1. The molecular weight excluding hydrogens is 331 g/mol. The Balaban J connectivity index is 1.95. The number of amides is 2. The van der Waals surface area contributed by atoms with Gasteiger partial charge in [0.15, 0.2) is 6.10 Å². The molecular formula is C14H14F3N3O2S.